The van der Waals surface area contributed by atoms with Gasteiger partial charge in [0.15, 0.2) is 9.84 Å². The predicted octanol–water partition coefficient (Wildman–Crippen LogP) is 0.396. The van der Waals surface area contributed by atoms with Gasteiger partial charge in [0.1, 0.15) is 28.3 Å². The van der Waals surface area contributed by atoms with Crippen LogP contribution in [0.2, 0.25) is 0 Å². The molecule has 0 aliphatic heterocycles. The summed E-state index contributed by atoms with van der Waals surface area (Å²) in [6.07, 6.45) is 0.988. The molecule has 1 aromatic carbocycles. The highest BCUT2D eigenvalue weighted by atomic mass is 32.2. The van der Waals surface area contributed by atoms with Gasteiger partial charge in [0.25, 0.3) is 0 Å². The van der Waals surface area contributed by atoms with Crippen LogP contribution in [0, 0.1) is 11.3 Å². The number of ether oxygens (including phenoxy) is 1. The Morgan fingerprint density at radius 2 is 1.75 bits per heavy atom. The minimum atomic E-state index is -3.49. The maximum atomic E-state index is 11.6. The lowest BCUT2D eigenvalue weighted by Crippen LogP contribution is -2.22. The fourth-order valence-corrected chi connectivity index (χ4v) is 4.11. The summed E-state index contributed by atoms with van der Waals surface area (Å²) < 4.78 is 50.3. The van der Waals surface area contributed by atoms with E-state index in [0.717, 1.165) is 6.26 Å². The predicted molar refractivity (Wildman–Crippen MR) is 75.0 cm³/mol. The smallest absolute Gasteiger partial charge is 0.154 e. The first-order chi connectivity index (χ1) is 9.23. The maximum absolute atomic E-state index is 11.6. The highest BCUT2D eigenvalue weighted by Crippen LogP contribution is 2.16. The lowest BCUT2D eigenvalue weighted by Gasteiger charge is -2.08. The topological polar surface area (TPSA) is 101 Å². The zero-order valence-corrected chi connectivity index (χ0v) is 12.6. The van der Waals surface area contributed by atoms with Crippen molar-refractivity contribution in [1.82, 2.24) is 0 Å². The normalized spacial score (nSPS) is 11.8. The fraction of sp³-hybridized carbons (Fsp3) is 0.417. The van der Waals surface area contributed by atoms with Crippen molar-refractivity contribution in [1.29, 1.82) is 5.26 Å². The first-order valence-corrected chi connectivity index (χ1v) is 9.62. The standard InChI is InChI=1S/C12H15NO5S2/c1-19(14,15)8-9-20(16,17)7-6-18-12-5-3-2-4-11(12)10-13/h2-5H,6-9H2,1H3. The second-order valence-corrected chi connectivity index (χ2v) is 8.80. The van der Waals surface area contributed by atoms with Crippen LogP contribution < -0.4 is 4.74 Å². The van der Waals surface area contributed by atoms with Crippen LogP contribution in [0.15, 0.2) is 24.3 Å². The number of sulfone groups is 2. The van der Waals surface area contributed by atoms with Gasteiger partial charge in [-0.25, -0.2) is 16.8 Å². The van der Waals surface area contributed by atoms with E-state index in [2.05, 4.69) is 0 Å². The van der Waals surface area contributed by atoms with E-state index >= 15 is 0 Å². The summed E-state index contributed by atoms with van der Waals surface area (Å²) in [5, 5.41) is 8.84. The van der Waals surface area contributed by atoms with Gasteiger partial charge in [-0.2, -0.15) is 5.26 Å². The molecule has 0 N–H and O–H groups in total. The average molecular weight is 317 g/mol. The zero-order chi connectivity index (χ0) is 15.2. The summed E-state index contributed by atoms with van der Waals surface area (Å²) in [7, 11) is -6.80. The quantitative estimate of drug-likeness (QED) is 0.721. The molecule has 6 nitrogen and oxygen atoms in total. The van der Waals surface area contributed by atoms with Gasteiger partial charge in [0, 0.05) is 6.26 Å². The number of hydrogen-bond acceptors (Lipinski definition) is 6. The van der Waals surface area contributed by atoms with Gasteiger partial charge in [-0.15, -0.1) is 0 Å². The molecular weight excluding hydrogens is 302 g/mol. The Bertz CT molecular complexity index is 702. The monoisotopic (exact) mass is 317 g/mol. The molecule has 0 amide bonds. The van der Waals surface area contributed by atoms with Gasteiger partial charge in [0.05, 0.1) is 22.8 Å². The summed E-state index contributed by atoms with van der Waals surface area (Å²) in [6, 6.07) is 8.42. The van der Waals surface area contributed by atoms with Crippen molar-refractivity contribution in [3.05, 3.63) is 29.8 Å². The van der Waals surface area contributed by atoms with Crippen LogP contribution in [0.3, 0.4) is 0 Å². The second-order valence-electron chi connectivity index (χ2n) is 4.24. The largest absolute Gasteiger partial charge is 0.491 e. The van der Waals surface area contributed by atoms with Crippen molar-refractivity contribution in [2.75, 3.05) is 30.1 Å². The van der Waals surface area contributed by atoms with Crippen LogP contribution in [0.1, 0.15) is 5.56 Å². The van der Waals surface area contributed by atoms with Crippen molar-refractivity contribution < 1.29 is 21.6 Å². The molecule has 0 heterocycles. The van der Waals surface area contributed by atoms with Gasteiger partial charge in [-0.3, -0.25) is 0 Å². The number of hydrogen-bond donors (Lipinski definition) is 0. The van der Waals surface area contributed by atoms with Crippen molar-refractivity contribution in [3.63, 3.8) is 0 Å². The molecule has 0 radical (unpaired) electrons. The minimum absolute atomic E-state index is 0.120. The van der Waals surface area contributed by atoms with Crippen LogP contribution in [-0.4, -0.2) is 47.0 Å². The Kier molecular flexibility index (Phi) is 5.53. The molecule has 0 aliphatic carbocycles. The van der Waals surface area contributed by atoms with E-state index in [-0.39, 0.29) is 12.4 Å². The SMILES string of the molecule is CS(=O)(=O)CCS(=O)(=O)CCOc1ccccc1C#N. The van der Waals surface area contributed by atoms with Crippen LogP contribution in [-0.2, 0) is 19.7 Å². The van der Waals surface area contributed by atoms with Crippen molar-refractivity contribution >= 4 is 19.7 Å². The molecular formula is C12H15NO5S2. The van der Waals surface area contributed by atoms with E-state index in [9.17, 15) is 16.8 Å². The second kappa shape index (κ2) is 6.72. The fourth-order valence-electron chi connectivity index (χ4n) is 1.34. The third-order valence-corrected chi connectivity index (χ3v) is 5.24. The van der Waals surface area contributed by atoms with Crippen LogP contribution in [0.4, 0.5) is 0 Å². The third-order valence-electron chi connectivity index (χ3n) is 2.42. The summed E-state index contributed by atoms with van der Waals surface area (Å²) in [5.41, 5.74) is 0.320. The number of nitrogens with zero attached hydrogens (tertiary/aromatic N) is 1. The molecule has 0 unspecified atom stereocenters. The molecule has 0 atom stereocenters. The molecule has 8 heteroatoms. The molecule has 0 bridgehead atoms. The number of benzene rings is 1. The number of para-hydroxylation sites is 1. The van der Waals surface area contributed by atoms with Gasteiger partial charge in [0.2, 0.25) is 0 Å². The molecule has 20 heavy (non-hydrogen) atoms. The summed E-state index contributed by atoms with van der Waals surface area (Å²) in [6.45, 7) is -0.120. The molecule has 1 rings (SSSR count). The molecule has 110 valence electrons. The van der Waals surface area contributed by atoms with Gasteiger partial charge >= 0.3 is 0 Å². The van der Waals surface area contributed by atoms with Crippen LogP contribution in [0.25, 0.3) is 0 Å². The molecule has 0 spiro atoms. The van der Waals surface area contributed by atoms with Gasteiger partial charge in [-0.1, -0.05) is 12.1 Å². The van der Waals surface area contributed by atoms with E-state index in [1.165, 1.54) is 0 Å². The lowest BCUT2D eigenvalue weighted by atomic mass is 10.2. The minimum Gasteiger partial charge on any atom is -0.491 e. The Labute approximate surface area is 118 Å². The van der Waals surface area contributed by atoms with E-state index in [4.69, 9.17) is 10.00 Å². The number of nitriles is 1. The van der Waals surface area contributed by atoms with E-state index in [1.807, 2.05) is 6.07 Å². The molecule has 0 saturated carbocycles. The van der Waals surface area contributed by atoms with Crippen molar-refractivity contribution in [2.45, 2.75) is 0 Å². The Morgan fingerprint density at radius 3 is 2.35 bits per heavy atom. The van der Waals surface area contributed by atoms with E-state index in [1.54, 1.807) is 24.3 Å². The Balaban J connectivity index is 2.54. The molecule has 0 aliphatic rings. The average Bonchev–Trinajstić information content (AvgIpc) is 2.36. The molecule has 1 aromatic rings. The summed E-state index contributed by atoms with van der Waals surface area (Å²) in [5.74, 6) is -0.796. The van der Waals surface area contributed by atoms with E-state index in [0.29, 0.717) is 11.3 Å². The van der Waals surface area contributed by atoms with Crippen molar-refractivity contribution in [2.24, 2.45) is 0 Å². The lowest BCUT2D eigenvalue weighted by molar-refractivity contribution is 0.340. The third kappa shape index (κ3) is 6.04. The van der Waals surface area contributed by atoms with Crippen molar-refractivity contribution in [3.8, 4) is 11.8 Å². The van der Waals surface area contributed by atoms with Gasteiger partial charge < -0.3 is 4.74 Å². The summed E-state index contributed by atoms with van der Waals surface area (Å²) in [4.78, 5) is 0. The molecule has 0 aromatic heterocycles. The highest BCUT2D eigenvalue weighted by Gasteiger charge is 2.15. The molecule has 0 saturated heterocycles. The van der Waals surface area contributed by atoms with Gasteiger partial charge in [-0.05, 0) is 12.1 Å². The number of rotatable bonds is 7. The first-order valence-electron chi connectivity index (χ1n) is 5.73. The maximum Gasteiger partial charge on any atom is 0.154 e. The Morgan fingerprint density at radius 1 is 1.10 bits per heavy atom. The Hall–Kier alpha value is -1.59. The highest BCUT2D eigenvalue weighted by molar-refractivity contribution is 7.94. The molecule has 0 fully saturated rings. The summed E-state index contributed by atoms with van der Waals surface area (Å²) >= 11 is 0. The zero-order valence-electron chi connectivity index (χ0n) is 10.9. The first kappa shape index (κ1) is 16.5. The van der Waals surface area contributed by atoms with Crippen LogP contribution in [0.5, 0.6) is 5.75 Å². The van der Waals surface area contributed by atoms with E-state index < -0.39 is 31.2 Å². The van der Waals surface area contributed by atoms with Crippen LogP contribution >= 0.6 is 0 Å².